The smallest absolute Gasteiger partial charge is 0.266 e. The number of ether oxygens (including phenoxy) is 1. The molecule has 4 heterocycles. The second-order valence-electron chi connectivity index (χ2n) is 7.25. The summed E-state index contributed by atoms with van der Waals surface area (Å²) in [6.45, 7) is 4.51. The Bertz CT molecular complexity index is 870. The Morgan fingerprint density at radius 2 is 2.07 bits per heavy atom. The number of morpholine rings is 1. The first kappa shape index (κ1) is 18.8. The first-order chi connectivity index (χ1) is 13.7. The van der Waals surface area contributed by atoms with Crippen LogP contribution in [0.3, 0.4) is 0 Å². The minimum absolute atomic E-state index is 0.0593. The molecule has 0 bridgehead atoms. The monoisotopic (exact) mass is 383 g/mol. The van der Waals surface area contributed by atoms with Gasteiger partial charge in [0.1, 0.15) is 6.61 Å². The van der Waals surface area contributed by atoms with Crippen molar-refractivity contribution in [1.29, 1.82) is 0 Å². The van der Waals surface area contributed by atoms with Gasteiger partial charge in [0.05, 0.1) is 18.8 Å². The number of pyridine rings is 1. The third-order valence-electron chi connectivity index (χ3n) is 5.45. The number of aromatic nitrogens is 3. The molecule has 0 aliphatic carbocycles. The van der Waals surface area contributed by atoms with E-state index < -0.39 is 0 Å². The summed E-state index contributed by atoms with van der Waals surface area (Å²) >= 11 is 0. The maximum absolute atomic E-state index is 12.3. The van der Waals surface area contributed by atoms with Crippen LogP contribution < -0.4 is 5.56 Å². The number of hydrogen-bond acceptors (Lipinski definition) is 6. The molecule has 0 radical (unpaired) electrons. The lowest BCUT2D eigenvalue weighted by molar-refractivity contribution is -0.142. The van der Waals surface area contributed by atoms with Gasteiger partial charge < -0.3 is 9.64 Å². The van der Waals surface area contributed by atoms with E-state index in [-0.39, 0.29) is 24.1 Å². The van der Waals surface area contributed by atoms with Crippen molar-refractivity contribution in [2.45, 2.75) is 25.4 Å². The normalized spacial score (nSPS) is 20.6. The van der Waals surface area contributed by atoms with Crippen LogP contribution in [0.2, 0.25) is 0 Å². The van der Waals surface area contributed by atoms with Crippen LogP contribution in [0.15, 0.2) is 41.5 Å². The van der Waals surface area contributed by atoms with Crippen LogP contribution in [-0.2, 0) is 16.1 Å². The molecular formula is C20H25N5O3. The second-order valence-corrected chi connectivity index (χ2v) is 7.25. The molecule has 0 aromatic carbocycles. The summed E-state index contributed by atoms with van der Waals surface area (Å²) in [6, 6.07) is 7.36. The highest BCUT2D eigenvalue weighted by molar-refractivity contribution is 5.77. The standard InChI is InChI=1S/C20H25N5O3/c26-19-6-5-18(16-3-1-7-21-13-16)22-25(19)14-17-4-2-8-23(17)9-10-24-11-12-28-15-20(24)27/h1,3,5-7,13,17H,2,4,8-12,14-15H2. The molecular weight excluding hydrogens is 358 g/mol. The second kappa shape index (κ2) is 8.62. The molecule has 1 atom stereocenters. The van der Waals surface area contributed by atoms with Crippen LogP contribution in [0.4, 0.5) is 0 Å². The molecule has 2 aliphatic heterocycles. The van der Waals surface area contributed by atoms with Crippen molar-refractivity contribution in [3.63, 3.8) is 0 Å². The summed E-state index contributed by atoms with van der Waals surface area (Å²) in [5, 5.41) is 4.56. The van der Waals surface area contributed by atoms with Crippen LogP contribution in [0, 0.1) is 0 Å². The molecule has 2 aromatic heterocycles. The van der Waals surface area contributed by atoms with Gasteiger partial charge in [-0.15, -0.1) is 0 Å². The van der Waals surface area contributed by atoms with Crippen LogP contribution in [0.25, 0.3) is 11.3 Å². The molecule has 2 aliphatic rings. The van der Waals surface area contributed by atoms with Gasteiger partial charge in [-0.25, -0.2) is 4.68 Å². The summed E-state index contributed by atoms with van der Waals surface area (Å²) in [4.78, 5) is 32.6. The molecule has 2 saturated heterocycles. The van der Waals surface area contributed by atoms with Crippen molar-refractivity contribution in [2.75, 3.05) is 39.4 Å². The minimum Gasteiger partial charge on any atom is -0.370 e. The van der Waals surface area contributed by atoms with E-state index in [1.54, 1.807) is 29.2 Å². The Labute approximate surface area is 163 Å². The number of amides is 1. The third kappa shape index (κ3) is 4.28. The quantitative estimate of drug-likeness (QED) is 0.728. The highest BCUT2D eigenvalue weighted by Gasteiger charge is 2.27. The minimum atomic E-state index is -0.0946. The average molecular weight is 383 g/mol. The molecule has 0 saturated carbocycles. The fourth-order valence-electron chi connectivity index (χ4n) is 3.88. The van der Waals surface area contributed by atoms with Crippen molar-refractivity contribution in [3.05, 3.63) is 47.0 Å². The van der Waals surface area contributed by atoms with Gasteiger partial charge in [0.15, 0.2) is 0 Å². The average Bonchev–Trinajstić information content (AvgIpc) is 3.17. The molecule has 1 unspecified atom stereocenters. The van der Waals surface area contributed by atoms with Gasteiger partial charge in [-0.1, -0.05) is 0 Å². The van der Waals surface area contributed by atoms with E-state index >= 15 is 0 Å². The number of carbonyl (C=O) groups excluding carboxylic acids is 1. The van der Waals surface area contributed by atoms with Crippen LogP contribution in [0.5, 0.6) is 0 Å². The predicted molar refractivity (Wildman–Crippen MR) is 104 cm³/mol. The summed E-state index contributed by atoms with van der Waals surface area (Å²) in [6.07, 6.45) is 5.59. The summed E-state index contributed by atoms with van der Waals surface area (Å²) in [7, 11) is 0. The zero-order valence-corrected chi connectivity index (χ0v) is 15.9. The van der Waals surface area contributed by atoms with Crippen molar-refractivity contribution >= 4 is 5.91 Å². The number of likely N-dealkylation sites (tertiary alicyclic amines) is 1. The van der Waals surface area contributed by atoms with E-state index in [9.17, 15) is 9.59 Å². The van der Waals surface area contributed by atoms with Crippen LogP contribution >= 0.6 is 0 Å². The maximum Gasteiger partial charge on any atom is 0.266 e. The molecule has 0 spiro atoms. The number of rotatable bonds is 6. The summed E-state index contributed by atoms with van der Waals surface area (Å²) in [5.74, 6) is 0.0593. The summed E-state index contributed by atoms with van der Waals surface area (Å²) in [5.41, 5.74) is 1.55. The van der Waals surface area contributed by atoms with E-state index in [4.69, 9.17) is 4.74 Å². The zero-order chi connectivity index (χ0) is 19.3. The van der Waals surface area contributed by atoms with Crippen LogP contribution in [0.1, 0.15) is 12.8 Å². The molecule has 8 nitrogen and oxygen atoms in total. The number of hydrogen-bond donors (Lipinski definition) is 0. The van der Waals surface area contributed by atoms with Crippen LogP contribution in [-0.4, -0.2) is 75.9 Å². The van der Waals surface area contributed by atoms with Crippen molar-refractivity contribution in [2.24, 2.45) is 0 Å². The van der Waals surface area contributed by atoms with Gasteiger partial charge >= 0.3 is 0 Å². The summed E-state index contributed by atoms with van der Waals surface area (Å²) < 4.78 is 6.75. The molecule has 1 amide bonds. The first-order valence-electron chi connectivity index (χ1n) is 9.79. The van der Waals surface area contributed by atoms with Crippen molar-refractivity contribution < 1.29 is 9.53 Å². The van der Waals surface area contributed by atoms with Gasteiger partial charge in [-0.05, 0) is 37.6 Å². The van der Waals surface area contributed by atoms with E-state index in [2.05, 4.69) is 15.0 Å². The van der Waals surface area contributed by atoms with E-state index in [0.29, 0.717) is 26.2 Å². The Kier molecular flexibility index (Phi) is 5.78. The molecule has 2 aromatic rings. The molecule has 28 heavy (non-hydrogen) atoms. The van der Waals surface area contributed by atoms with Gasteiger partial charge in [0.2, 0.25) is 5.91 Å². The van der Waals surface area contributed by atoms with Gasteiger partial charge in [-0.3, -0.25) is 19.5 Å². The molecule has 4 rings (SSSR count). The van der Waals surface area contributed by atoms with Crippen molar-refractivity contribution in [1.82, 2.24) is 24.6 Å². The Hall–Kier alpha value is -2.58. The first-order valence-corrected chi connectivity index (χ1v) is 9.79. The SMILES string of the molecule is O=C1COCCN1CCN1CCCC1Cn1nc(-c2cccnc2)ccc1=O. The fraction of sp³-hybridized carbons (Fsp3) is 0.500. The Balaban J connectivity index is 1.43. The maximum atomic E-state index is 12.3. The fourth-order valence-corrected chi connectivity index (χ4v) is 3.88. The lowest BCUT2D eigenvalue weighted by Gasteiger charge is -2.31. The zero-order valence-electron chi connectivity index (χ0n) is 15.9. The molecule has 8 heteroatoms. The Morgan fingerprint density at radius 1 is 1.14 bits per heavy atom. The van der Waals surface area contributed by atoms with Crippen molar-refractivity contribution in [3.8, 4) is 11.3 Å². The topological polar surface area (TPSA) is 80.6 Å². The van der Waals surface area contributed by atoms with Gasteiger partial charge in [0, 0.05) is 49.7 Å². The third-order valence-corrected chi connectivity index (χ3v) is 5.45. The molecule has 0 N–H and O–H groups in total. The largest absolute Gasteiger partial charge is 0.370 e. The van der Waals surface area contributed by atoms with E-state index in [1.165, 1.54) is 0 Å². The Morgan fingerprint density at radius 3 is 2.89 bits per heavy atom. The van der Waals surface area contributed by atoms with Gasteiger partial charge in [-0.2, -0.15) is 5.10 Å². The lowest BCUT2D eigenvalue weighted by atomic mass is 10.2. The highest BCUT2D eigenvalue weighted by atomic mass is 16.5. The van der Waals surface area contributed by atoms with Gasteiger partial charge in [0.25, 0.3) is 5.56 Å². The molecule has 2 fully saturated rings. The highest BCUT2D eigenvalue weighted by Crippen LogP contribution is 2.19. The van der Waals surface area contributed by atoms with E-state index in [0.717, 1.165) is 37.2 Å². The molecule has 148 valence electrons. The van der Waals surface area contributed by atoms with E-state index in [1.807, 2.05) is 17.0 Å². The number of nitrogens with zero attached hydrogens (tertiary/aromatic N) is 5. The lowest BCUT2D eigenvalue weighted by Crippen LogP contribution is -2.46. The number of carbonyl (C=O) groups is 1. The predicted octanol–water partition coefficient (Wildman–Crippen LogP) is 0.629.